The van der Waals surface area contributed by atoms with Crippen molar-refractivity contribution in [1.29, 1.82) is 0 Å². The van der Waals surface area contributed by atoms with Gasteiger partial charge in [0.1, 0.15) is 17.2 Å². The number of rotatable bonds is 2. The Balaban J connectivity index is 2.23. The Kier molecular flexibility index (Phi) is 3.52. The molecule has 0 saturated carbocycles. The molecule has 2 aromatic carbocycles. The molecule has 0 saturated heterocycles. The summed E-state index contributed by atoms with van der Waals surface area (Å²) < 4.78 is 5.72. The largest absolute Gasteiger partial charge is 0.508 e. The van der Waals surface area contributed by atoms with Gasteiger partial charge in [-0.3, -0.25) is 0 Å². The number of phenolic OH excluding ortho intramolecular Hbond substituents is 1. The summed E-state index contributed by atoms with van der Waals surface area (Å²) in [5.41, 5.74) is 2.04. The van der Waals surface area contributed by atoms with E-state index in [4.69, 9.17) is 4.74 Å². The van der Waals surface area contributed by atoms with Crippen molar-refractivity contribution in [3.63, 3.8) is 0 Å². The third kappa shape index (κ3) is 3.28. The summed E-state index contributed by atoms with van der Waals surface area (Å²) >= 11 is 0. The molecule has 0 aliphatic rings. The molecule has 0 radical (unpaired) electrons. The van der Waals surface area contributed by atoms with Gasteiger partial charge >= 0.3 is 0 Å². The van der Waals surface area contributed by atoms with Crippen LogP contribution in [0.1, 0.15) is 31.9 Å². The average molecular weight is 256 g/mol. The van der Waals surface area contributed by atoms with E-state index in [0.29, 0.717) is 5.75 Å². The first kappa shape index (κ1) is 13.5. The Labute approximate surface area is 114 Å². The number of aryl methyl sites for hydroxylation is 1. The third-order valence-corrected chi connectivity index (χ3v) is 3.03. The van der Waals surface area contributed by atoms with Crippen molar-refractivity contribution >= 4 is 0 Å². The summed E-state index contributed by atoms with van der Waals surface area (Å²) in [6.45, 7) is 8.25. The molecule has 2 aromatic rings. The van der Waals surface area contributed by atoms with Gasteiger partial charge in [-0.2, -0.15) is 0 Å². The van der Waals surface area contributed by atoms with Gasteiger partial charge in [-0.25, -0.2) is 0 Å². The summed E-state index contributed by atoms with van der Waals surface area (Å²) in [7, 11) is 0. The minimum absolute atomic E-state index is 0.0769. The van der Waals surface area contributed by atoms with Gasteiger partial charge in [0, 0.05) is 6.07 Å². The highest BCUT2D eigenvalue weighted by Crippen LogP contribution is 2.34. The Morgan fingerprint density at radius 1 is 0.895 bits per heavy atom. The van der Waals surface area contributed by atoms with Gasteiger partial charge in [-0.05, 0) is 36.1 Å². The topological polar surface area (TPSA) is 29.5 Å². The molecule has 100 valence electrons. The van der Waals surface area contributed by atoms with Gasteiger partial charge in [0.25, 0.3) is 0 Å². The fourth-order valence-corrected chi connectivity index (χ4v) is 1.95. The zero-order valence-electron chi connectivity index (χ0n) is 11.9. The zero-order valence-corrected chi connectivity index (χ0v) is 11.9. The first-order valence-corrected chi connectivity index (χ1v) is 6.44. The first-order chi connectivity index (χ1) is 8.86. The van der Waals surface area contributed by atoms with Crippen molar-refractivity contribution in [2.75, 3.05) is 0 Å². The lowest BCUT2D eigenvalue weighted by atomic mass is 9.86. The summed E-state index contributed by atoms with van der Waals surface area (Å²) in [6, 6.07) is 13.3. The number of ether oxygens (including phenoxy) is 1. The minimum atomic E-state index is -0.0769. The van der Waals surface area contributed by atoms with Gasteiger partial charge in [-0.1, -0.05) is 44.5 Å². The van der Waals surface area contributed by atoms with Crippen LogP contribution in [0.15, 0.2) is 42.5 Å². The fraction of sp³-hybridized carbons (Fsp3) is 0.294. The Hall–Kier alpha value is -1.96. The van der Waals surface area contributed by atoms with Crippen molar-refractivity contribution in [3.05, 3.63) is 53.6 Å². The van der Waals surface area contributed by atoms with Crippen LogP contribution in [0.25, 0.3) is 0 Å². The minimum Gasteiger partial charge on any atom is -0.508 e. The lowest BCUT2D eigenvalue weighted by molar-refractivity contribution is 0.434. The smallest absolute Gasteiger partial charge is 0.131 e. The molecule has 0 atom stereocenters. The molecule has 0 fully saturated rings. The van der Waals surface area contributed by atoms with Crippen molar-refractivity contribution in [1.82, 2.24) is 0 Å². The van der Waals surface area contributed by atoms with Gasteiger partial charge in [0.15, 0.2) is 0 Å². The summed E-state index contributed by atoms with van der Waals surface area (Å²) in [6.07, 6.45) is 0. The average Bonchev–Trinajstić information content (AvgIpc) is 2.30. The molecule has 0 aliphatic heterocycles. The molecule has 0 spiro atoms. The highest BCUT2D eigenvalue weighted by Gasteiger charge is 2.18. The number of benzene rings is 2. The normalized spacial score (nSPS) is 11.4. The molecule has 0 aliphatic carbocycles. The van der Waals surface area contributed by atoms with Gasteiger partial charge in [-0.15, -0.1) is 0 Å². The van der Waals surface area contributed by atoms with Gasteiger partial charge in [0.05, 0.1) is 0 Å². The molecule has 0 heterocycles. The SMILES string of the molecule is Cc1ccc(Oc2ccc(C(C)(C)C)c(O)c2)cc1. The molecule has 19 heavy (non-hydrogen) atoms. The maximum Gasteiger partial charge on any atom is 0.131 e. The Bertz CT molecular complexity index is 563. The lowest BCUT2D eigenvalue weighted by Crippen LogP contribution is -2.11. The van der Waals surface area contributed by atoms with Crippen LogP contribution in [0, 0.1) is 6.92 Å². The Morgan fingerprint density at radius 2 is 1.47 bits per heavy atom. The van der Waals surface area contributed by atoms with Crippen LogP contribution in [-0.4, -0.2) is 5.11 Å². The maximum absolute atomic E-state index is 10.1. The second-order valence-electron chi connectivity index (χ2n) is 5.84. The molecule has 0 amide bonds. The van der Waals surface area contributed by atoms with E-state index < -0.39 is 0 Å². The van der Waals surface area contributed by atoms with Gasteiger partial charge in [0.2, 0.25) is 0 Å². The van der Waals surface area contributed by atoms with E-state index in [1.807, 2.05) is 43.3 Å². The zero-order chi connectivity index (χ0) is 14.0. The van der Waals surface area contributed by atoms with Crippen LogP contribution in [0.5, 0.6) is 17.2 Å². The lowest BCUT2D eigenvalue weighted by Gasteiger charge is -2.20. The van der Waals surface area contributed by atoms with Crippen LogP contribution >= 0.6 is 0 Å². The predicted molar refractivity (Wildman–Crippen MR) is 78.1 cm³/mol. The monoisotopic (exact) mass is 256 g/mol. The second-order valence-corrected chi connectivity index (χ2v) is 5.84. The van der Waals surface area contributed by atoms with Gasteiger partial charge < -0.3 is 9.84 Å². The summed E-state index contributed by atoms with van der Waals surface area (Å²) in [4.78, 5) is 0. The van der Waals surface area contributed by atoms with Crippen LogP contribution < -0.4 is 4.74 Å². The fourth-order valence-electron chi connectivity index (χ4n) is 1.95. The molecule has 0 bridgehead atoms. The van der Waals surface area contributed by atoms with E-state index in [2.05, 4.69) is 20.8 Å². The van der Waals surface area contributed by atoms with E-state index in [9.17, 15) is 5.11 Å². The summed E-state index contributed by atoms with van der Waals surface area (Å²) in [5, 5.41) is 10.1. The third-order valence-electron chi connectivity index (χ3n) is 3.03. The highest BCUT2D eigenvalue weighted by atomic mass is 16.5. The molecule has 2 rings (SSSR count). The van der Waals surface area contributed by atoms with Crippen LogP contribution in [0.3, 0.4) is 0 Å². The van der Waals surface area contributed by atoms with Crippen molar-refractivity contribution < 1.29 is 9.84 Å². The molecule has 0 aromatic heterocycles. The maximum atomic E-state index is 10.1. The van der Waals surface area contributed by atoms with Crippen molar-refractivity contribution in [2.24, 2.45) is 0 Å². The molecule has 1 N–H and O–H groups in total. The highest BCUT2D eigenvalue weighted by molar-refractivity contribution is 5.44. The van der Waals surface area contributed by atoms with Crippen LogP contribution in [0.4, 0.5) is 0 Å². The number of aromatic hydroxyl groups is 1. The molecular formula is C17H20O2. The molecular weight excluding hydrogens is 236 g/mol. The van der Waals surface area contributed by atoms with Crippen LogP contribution in [-0.2, 0) is 5.41 Å². The van der Waals surface area contributed by atoms with E-state index in [1.165, 1.54) is 5.56 Å². The molecule has 2 nitrogen and oxygen atoms in total. The standard InChI is InChI=1S/C17H20O2/c1-12-5-7-13(8-6-12)19-14-9-10-15(16(18)11-14)17(2,3)4/h5-11,18H,1-4H3. The van der Waals surface area contributed by atoms with Crippen LogP contribution in [0.2, 0.25) is 0 Å². The first-order valence-electron chi connectivity index (χ1n) is 6.44. The van der Waals surface area contributed by atoms with E-state index in [-0.39, 0.29) is 11.2 Å². The van der Waals surface area contributed by atoms with E-state index >= 15 is 0 Å². The number of phenols is 1. The molecule has 0 unspecified atom stereocenters. The number of hydrogen-bond acceptors (Lipinski definition) is 2. The number of hydrogen-bond donors (Lipinski definition) is 1. The quantitative estimate of drug-likeness (QED) is 0.837. The second kappa shape index (κ2) is 4.96. The van der Waals surface area contributed by atoms with E-state index in [0.717, 1.165) is 11.3 Å². The Morgan fingerprint density at radius 3 is 2.00 bits per heavy atom. The van der Waals surface area contributed by atoms with Crippen molar-refractivity contribution in [2.45, 2.75) is 33.1 Å². The predicted octanol–water partition coefficient (Wildman–Crippen LogP) is 4.79. The summed E-state index contributed by atoms with van der Waals surface area (Å²) in [5.74, 6) is 1.69. The van der Waals surface area contributed by atoms with Crippen molar-refractivity contribution in [3.8, 4) is 17.2 Å². The molecule has 2 heteroatoms. The van der Waals surface area contributed by atoms with E-state index in [1.54, 1.807) is 6.07 Å².